The van der Waals surface area contributed by atoms with E-state index in [9.17, 15) is 9.90 Å². The minimum absolute atomic E-state index is 0.300. The lowest BCUT2D eigenvalue weighted by Crippen LogP contribution is -2.31. The second-order valence-corrected chi connectivity index (χ2v) is 9.62. The quantitative estimate of drug-likeness (QED) is 0.493. The third kappa shape index (κ3) is 4.34. The number of hydrogen-bond donors (Lipinski definition) is 1. The first kappa shape index (κ1) is 22.3. The van der Waals surface area contributed by atoms with Crippen molar-refractivity contribution in [3.05, 3.63) is 81.9 Å². The number of carboxylic acid groups (broad SMARTS) is 1. The van der Waals surface area contributed by atoms with Gasteiger partial charge in [0.1, 0.15) is 5.76 Å². The van der Waals surface area contributed by atoms with Crippen LogP contribution >= 0.6 is 0 Å². The summed E-state index contributed by atoms with van der Waals surface area (Å²) in [6.45, 7) is 5.08. The van der Waals surface area contributed by atoms with Gasteiger partial charge in [0.25, 0.3) is 0 Å². The van der Waals surface area contributed by atoms with Gasteiger partial charge in [-0.15, -0.1) is 5.73 Å². The minimum Gasteiger partial charge on any atom is -0.478 e. The van der Waals surface area contributed by atoms with E-state index in [0.717, 1.165) is 50.7 Å². The fraction of sp³-hybridized carbons (Fsp3) is 0.333. The maximum atomic E-state index is 11.3. The van der Waals surface area contributed by atoms with Gasteiger partial charge in [-0.1, -0.05) is 37.8 Å². The Morgan fingerprint density at radius 3 is 2.50 bits per heavy atom. The third-order valence-electron chi connectivity index (χ3n) is 7.22. The molecule has 174 valence electrons. The molecule has 0 unspecified atom stereocenters. The van der Waals surface area contributed by atoms with Crippen molar-refractivity contribution in [2.24, 2.45) is 5.92 Å². The lowest BCUT2D eigenvalue weighted by Gasteiger charge is -2.15. The van der Waals surface area contributed by atoms with E-state index in [2.05, 4.69) is 35.6 Å². The molecule has 2 aromatic heterocycles. The predicted molar refractivity (Wildman–Crippen MR) is 136 cm³/mol. The zero-order valence-corrected chi connectivity index (χ0v) is 19.9. The molecule has 1 aromatic carbocycles. The molecule has 4 nitrogen and oxygen atoms in total. The van der Waals surface area contributed by atoms with Crippen LogP contribution in [0.5, 0.6) is 0 Å². The standard InChI is InChI=1S/C30H31NO3/c1-20-19-34-21(2)29(20)25-10-7-11-26-27(23-12-14-24(15-13-23)30(32)33)18-31(28(26)16-25)17-22-8-5-3-4-6-9-22/h7,10,12-16,18-19,22H,3-6,8-9,17H2,1-2H3,(H,32,33). The summed E-state index contributed by atoms with van der Waals surface area (Å²) < 4.78 is 8.10. The fourth-order valence-corrected chi connectivity index (χ4v) is 5.43. The largest absolute Gasteiger partial charge is 0.478 e. The molecule has 5 rings (SSSR count). The zero-order valence-electron chi connectivity index (χ0n) is 19.9. The molecule has 0 atom stereocenters. The van der Waals surface area contributed by atoms with Crippen LogP contribution in [-0.4, -0.2) is 15.6 Å². The van der Waals surface area contributed by atoms with Crippen molar-refractivity contribution in [1.82, 2.24) is 4.57 Å². The number of fused-ring (bicyclic) bond motifs is 1. The van der Waals surface area contributed by atoms with Crippen molar-refractivity contribution in [2.75, 3.05) is 0 Å². The molecule has 34 heavy (non-hydrogen) atoms. The van der Waals surface area contributed by atoms with Crippen LogP contribution in [0.3, 0.4) is 0 Å². The Morgan fingerprint density at radius 1 is 1.12 bits per heavy atom. The molecule has 0 spiro atoms. The predicted octanol–water partition coefficient (Wildman–Crippen LogP) is 5.85. The van der Waals surface area contributed by atoms with Gasteiger partial charge in [-0.2, -0.15) is 0 Å². The molecule has 0 bridgehead atoms. The summed E-state index contributed by atoms with van der Waals surface area (Å²) in [5.74, 6) is 0.686. The number of carbonyl (C=O) groups is 1. The van der Waals surface area contributed by atoms with E-state index in [4.69, 9.17) is 4.42 Å². The van der Waals surface area contributed by atoms with Gasteiger partial charge in [0.2, 0.25) is 0 Å². The lowest BCUT2D eigenvalue weighted by molar-refractivity contribution is 0.0697. The Bertz CT molecular complexity index is 1380. The Hall–Kier alpha value is -3.49. The van der Waals surface area contributed by atoms with Crippen molar-refractivity contribution in [2.45, 2.75) is 58.9 Å². The highest BCUT2D eigenvalue weighted by molar-refractivity contribution is 5.92. The van der Waals surface area contributed by atoms with Crippen molar-refractivity contribution in [3.8, 4) is 11.1 Å². The van der Waals surface area contributed by atoms with Crippen LogP contribution in [0.15, 0.2) is 53.3 Å². The van der Waals surface area contributed by atoms with Crippen LogP contribution < -0.4 is 10.6 Å². The monoisotopic (exact) mass is 453 g/mol. The van der Waals surface area contributed by atoms with Gasteiger partial charge in [-0.25, -0.2) is 4.79 Å². The molecule has 0 radical (unpaired) electrons. The van der Waals surface area contributed by atoms with E-state index in [1.807, 2.05) is 31.4 Å². The molecule has 3 aromatic rings. The van der Waals surface area contributed by atoms with Crippen LogP contribution in [0.25, 0.3) is 28.5 Å². The number of carboxylic acids is 1. The normalized spacial score (nSPS) is 16.1. The second kappa shape index (κ2) is 9.40. The average molecular weight is 454 g/mol. The Balaban J connectivity index is 1.65. The van der Waals surface area contributed by atoms with Gasteiger partial charge < -0.3 is 14.1 Å². The molecule has 0 saturated heterocycles. The highest BCUT2D eigenvalue weighted by atomic mass is 16.4. The van der Waals surface area contributed by atoms with E-state index < -0.39 is 5.97 Å². The van der Waals surface area contributed by atoms with Gasteiger partial charge in [-0.3, -0.25) is 0 Å². The Kier molecular flexibility index (Phi) is 6.17. The number of rotatable bonds is 5. The van der Waals surface area contributed by atoms with Gasteiger partial charge in [-0.05, 0) is 79.7 Å². The van der Waals surface area contributed by atoms with Crippen molar-refractivity contribution < 1.29 is 14.3 Å². The van der Waals surface area contributed by atoms with Gasteiger partial charge >= 0.3 is 5.97 Å². The number of furan rings is 1. The van der Waals surface area contributed by atoms with Gasteiger partial charge in [0.05, 0.1) is 17.2 Å². The molecule has 1 fully saturated rings. The van der Waals surface area contributed by atoms with E-state index in [-0.39, 0.29) is 0 Å². The topological polar surface area (TPSA) is 55.4 Å². The summed E-state index contributed by atoms with van der Waals surface area (Å²) in [6.07, 6.45) is 18.3. The minimum atomic E-state index is -0.907. The second-order valence-electron chi connectivity index (χ2n) is 9.62. The maximum absolute atomic E-state index is 11.3. The van der Waals surface area contributed by atoms with Crippen LogP contribution in [0.1, 0.15) is 65.8 Å². The average Bonchev–Trinajstić information content (AvgIpc) is 3.11. The lowest BCUT2D eigenvalue weighted by atomic mass is 10.00. The van der Waals surface area contributed by atoms with Crippen LogP contribution in [0.2, 0.25) is 0 Å². The number of benzene rings is 1. The van der Waals surface area contributed by atoms with E-state index in [1.165, 1.54) is 38.5 Å². The maximum Gasteiger partial charge on any atom is 0.335 e. The van der Waals surface area contributed by atoms with Crippen molar-refractivity contribution >= 4 is 23.3 Å². The third-order valence-corrected chi connectivity index (χ3v) is 7.22. The molecule has 2 heterocycles. The molecular weight excluding hydrogens is 422 g/mol. The molecule has 2 aliphatic carbocycles. The van der Waals surface area contributed by atoms with E-state index >= 15 is 0 Å². The molecule has 4 heteroatoms. The molecule has 0 amide bonds. The first-order chi connectivity index (χ1) is 16.5. The smallest absolute Gasteiger partial charge is 0.335 e. The number of hydrogen-bond acceptors (Lipinski definition) is 2. The number of nitrogens with zero attached hydrogens (tertiary/aromatic N) is 1. The number of aryl methyl sites for hydroxylation is 2. The summed E-state index contributed by atoms with van der Waals surface area (Å²) in [5, 5.41) is 11.5. The van der Waals surface area contributed by atoms with Gasteiger partial charge in [0.15, 0.2) is 0 Å². The van der Waals surface area contributed by atoms with Gasteiger partial charge in [0, 0.05) is 29.1 Å². The Morgan fingerprint density at radius 2 is 1.85 bits per heavy atom. The summed E-state index contributed by atoms with van der Waals surface area (Å²) in [5.41, 5.74) is 9.32. The first-order valence-corrected chi connectivity index (χ1v) is 12.3. The van der Waals surface area contributed by atoms with Crippen molar-refractivity contribution in [3.63, 3.8) is 0 Å². The SMILES string of the molecule is Cc1coc(C)c1C1=CC=C=c2c(-c3ccc(C(=O)O)cc3)cn(CC3CCCCCC3)c2=C1. The fourth-order valence-electron chi connectivity index (χ4n) is 5.43. The molecule has 1 N–H and O–H groups in total. The zero-order chi connectivity index (χ0) is 23.7. The highest BCUT2D eigenvalue weighted by Crippen LogP contribution is 2.27. The number of aromatic carboxylic acids is 1. The van der Waals surface area contributed by atoms with E-state index in [1.54, 1.807) is 12.1 Å². The van der Waals surface area contributed by atoms with Crippen molar-refractivity contribution in [1.29, 1.82) is 0 Å². The van der Waals surface area contributed by atoms with Crippen LogP contribution in [0, 0.1) is 19.8 Å². The molecule has 2 aliphatic rings. The summed E-state index contributed by atoms with van der Waals surface area (Å²) in [6, 6.07) is 7.16. The van der Waals surface area contributed by atoms with Crippen LogP contribution in [-0.2, 0) is 6.54 Å². The van der Waals surface area contributed by atoms with Crippen LogP contribution in [0.4, 0.5) is 0 Å². The van der Waals surface area contributed by atoms with E-state index in [0.29, 0.717) is 11.5 Å². The molecular formula is C30H31NO3. The number of aromatic nitrogens is 1. The summed E-state index contributed by atoms with van der Waals surface area (Å²) >= 11 is 0. The number of allylic oxidation sites excluding steroid dienone is 3. The molecule has 1 saturated carbocycles. The molecule has 0 aliphatic heterocycles. The first-order valence-electron chi connectivity index (χ1n) is 12.3. The highest BCUT2D eigenvalue weighted by Gasteiger charge is 2.18. The summed E-state index contributed by atoms with van der Waals surface area (Å²) in [4.78, 5) is 11.3. The summed E-state index contributed by atoms with van der Waals surface area (Å²) in [7, 11) is 0. The Labute approximate surface area is 200 Å².